The fraction of sp³-hybridized carbons (Fsp3) is 0.565. The zero-order valence-corrected chi connectivity index (χ0v) is 16.5. The molecule has 1 aromatic carbocycles. The van der Waals surface area contributed by atoms with Crippen molar-refractivity contribution in [3.63, 3.8) is 0 Å². The fourth-order valence-electron chi connectivity index (χ4n) is 4.67. The van der Waals surface area contributed by atoms with Gasteiger partial charge in [0.15, 0.2) is 5.76 Å². The van der Waals surface area contributed by atoms with E-state index in [-0.39, 0.29) is 5.91 Å². The Morgan fingerprint density at radius 1 is 1.11 bits per heavy atom. The van der Waals surface area contributed by atoms with E-state index in [1.807, 2.05) is 36.4 Å². The van der Waals surface area contributed by atoms with Gasteiger partial charge in [0.1, 0.15) is 0 Å². The number of nitrogens with one attached hydrogen (secondary N) is 2. The number of carbonyl (C=O) groups is 1. The summed E-state index contributed by atoms with van der Waals surface area (Å²) in [4.78, 5) is 12.6. The third kappa shape index (κ3) is 5.02. The molecule has 5 nitrogen and oxygen atoms in total. The molecule has 1 saturated heterocycles. The van der Waals surface area contributed by atoms with E-state index in [2.05, 4.69) is 15.8 Å². The molecule has 0 radical (unpaired) electrons. The highest BCUT2D eigenvalue weighted by Gasteiger charge is 2.29. The van der Waals surface area contributed by atoms with Gasteiger partial charge in [0.2, 0.25) is 5.91 Å². The first kappa shape index (κ1) is 19.2. The van der Waals surface area contributed by atoms with Crippen LogP contribution in [0.2, 0.25) is 0 Å². The molecular weight excluding hydrogens is 350 g/mol. The van der Waals surface area contributed by atoms with E-state index in [0.29, 0.717) is 24.3 Å². The largest absolute Gasteiger partial charge is 0.356 e. The van der Waals surface area contributed by atoms with E-state index in [1.165, 1.54) is 19.3 Å². The molecule has 2 heterocycles. The van der Waals surface area contributed by atoms with Crippen LogP contribution in [0.15, 0.2) is 40.9 Å². The smallest absolute Gasteiger partial charge is 0.220 e. The standard InChI is InChI=1S/C23H31N3O2/c27-23(25-20-9-5-2-6-10-20)14-18-11-12-24-16-19(18)13-21-15-22(28-26-21)17-7-3-1-4-8-17/h1,3-4,7-8,15,18-20,24H,2,5-6,9-14,16H2,(H,25,27). The van der Waals surface area contributed by atoms with Crippen LogP contribution in [0.3, 0.4) is 0 Å². The first-order valence-electron chi connectivity index (χ1n) is 10.8. The van der Waals surface area contributed by atoms with Crippen molar-refractivity contribution in [1.82, 2.24) is 15.8 Å². The van der Waals surface area contributed by atoms with E-state index >= 15 is 0 Å². The minimum Gasteiger partial charge on any atom is -0.356 e. The molecule has 1 saturated carbocycles. The molecule has 0 bridgehead atoms. The number of aromatic nitrogens is 1. The summed E-state index contributed by atoms with van der Waals surface area (Å²) in [5.74, 6) is 1.86. The van der Waals surface area contributed by atoms with Gasteiger partial charge >= 0.3 is 0 Å². The Morgan fingerprint density at radius 3 is 2.75 bits per heavy atom. The number of rotatable bonds is 6. The minimum atomic E-state index is 0.230. The Labute approximate surface area is 167 Å². The second kappa shape index (κ2) is 9.37. The topological polar surface area (TPSA) is 67.2 Å². The number of benzene rings is 1. The van der Waals surface area contributed by atoms with Crippen LogP contribution in [0.25, 0.3) is 11.3 Å². The lowest BCUT2D eigenvalue weighted by Crippen LogP contribution is -2.42. The maximum absolute atomic E-state index is 12.6. The summed E-state index contributed by atoms with van der Waals surface area (Å²) in [6, 6.07) is 12.5. The van der Waals surface area contributed by atoms with E-state index in [4.69, 9.17) is 4.52 Å². The summed E-state index contributed by atoms with van der Waals surface area (Å²) >= 11 is 0. The molecule has 150 valence electrons. The van der Waals surface area contributed by atoms with Crippen LogP contribution in [-0.2, 0) is 11.2 Å². The predicted octanol–water partition coefficient (Wildman–Crippen LogP) is 3.95. The van der Waals surface area contributed by atoms with Gasteiger partial charge in [-0.1, -0.05) is 54.8 Å². The number of hydrogen-bond acceptors (Lipinski definition) is 4. The van der Waals surface area contributed by atoms with Gasteiger partial charge in [0.05, 0.1) is 5.69 Å². The molecule has 4 rings (SSSR count). The normalized spacial score (nSPS) is 23.4. The van der Waals surface area contributed by atoms with Crippen LogP contribution in [0.1, 0.15) is 50.6 Å². The molecule has 1 aliphatic heterocycles. The van der Waals surface area contributed by atoms with Crippen LogP contribution in [0, 0.1) is 11.8 Å². The maximum atomic E-state index is 12.6. The Kier molecular flexibility index (Phi) is 6.42. The highest BCUT2D eigenvalue weighted by atomic mass is 16.5. The SMILES string of the molecule is O=C(CC1CCNCC1Cc1cc(-c2ccccc2)on1)NC1CCCCC1. The number of nitrogens with zero attached hydrogens (tertiary/aromatic N) is 1. The quantitative estimate of drug-likeness (QED) is 0.795. The lowest BCUT2D eigenvalue weighted by atomic mass is 9.81. The van der Waals surface area contributed by atoms with Crippen molar-refractivity contribution >= 4 is 5.91 Å². The summed E-state index contributed by atoms with van der Waals surface area (Å²) < 4.78 is 5.56. The zero-order chi connectivity index (χ0) is 19.2. The van der Waals surface area contributed by atoms with Gasteiger partial charge in [0.25, 0.3) is 0 Å². The van der Waals surface area contributed by atoms with Crippen molar-refractivity contribution in [2.45, 2.75) is 57.4 Å². The average molecular weight is 382 g/mol. The fourth-order valence-corrected chi connectivity index (χ4v) is 4.67. The van der Waals surface area contributed by atoms with Gasteiger partial charge in [0, 0.05) is 24.1 Å². The number of carbonyl (C=O) groups excluding carboxylic acids is 1. The van der Waals surface area contributed by atoms with Crippen LogP contribution < -0.4 is 10.6 Å². The first-order valence-corrected chi connectivity index (χ1v) is 10.8. The van der Waals surface area contributed by atoms with Crippen molar-refractivity contribution in [3.05, 3.63) is 42.1 Å². The number of hydrogen-bond donors (Lipinski definition) is 2. The van der Waals surface area contributed by atoms with Crippen molar-refractivity contribution in [3.8, 4) is 11.3 Å². The van der Waals surface area contributed by atoms with Crippen molar-refractivity contribution in [2.75, 3.05) is 13.1 Å². The van der Waals surface area contributed by atoms with Crippen LogP contribution in [0.5, 0.6) is 0 Å². The van der Waals surface area contributed by atoms with Crippen LogP contribution >= 0.6 is 0 Å². The average Bonchev–Trinajstić information content (AvgIpc) is 3.19. The highest BCUT2D eigenvalue weighted by Crippen LogP contribution is 2.28. The van der Waals surface area contributed by atoms with Crippen molar-refractivity contribution in [2.24, 2.45) is 11.8 Å². The first-order chi connectivity index (χ1) is 13.8. The number of piperidine rings is 1. The third-order valence-corrected chi connectivity index (χ3v) is 6.27. The van der Waals surface area contributed by atoms with E-state index < -0.39 is 0 Å². The molecule has 2 aromatic rings. The monoisotopic (exact) mass is 381 g/mol. The molecule has 1 aromatic heterocycles. The number of amides is 1. The van der Waals surface area contributed by atoms with Gasteiger partial charge in [-0.2, -0.15) is 0 Å². The molecule has 2 fully saturated rings. The van der Waals surface area contributed by atoms with Crippen molar-refractivity contribution in [1.29, 1.82) is 0 Å². The molecule has 2 atom stereocenters. The third-order valence-electron chi connectivity index (χ3n) is 6.27. The molecule has 1 aliphatic carbocycles. The second-order valence-corrected chi connectivity index (χ2v) is 8.37. The van der Waals surface area contributed by atoms with Gasteiger partial charge in [-0.15, -0.1) is 0 Å². The van der Waals surface area contributed by atoms with Crippen LogP contribution in [-0.4, -0.2) is 30.2 Å². The highest BCUT2D eigenvalue weighted by molar-refractivity contribution is 5.76. The minimum absolute atomic E-state index is 0.230. The summed E-state index contributed by atoms with van der Waals surface area (Å²) in [7, 11) is 0. The van der Waals surface area contributed by atoms with Gasteiger partial charge in [-0.3, -0.25) is 4.79 Å². The Bertz CT molecular complexity index is 752. The van der Waals surface area contributed by atoms with E-state index in [9.17, 15) is 4.79 Å². The molecule has 2 aliphatic rings. The van der Waals surface area contributed by atoms with Crippen LogP contribution in [0.4, 0.5) is 0 Å². The summed E-state index contributed by atoms with van der Waals surface area (Å²) in [6.45, 7) is 1.93. The Balaban J connectivity index is 1.34. The zero-order valence-electron chi connectivity index (χ0n) is 16.5. The molecule has 5 heteroatoms. The van der Waals surface area contributed by atoms with Crippen molar-refractivity contribution < 1.29 is 9.32 Å². The van der Waals surface area contributed by atoms with E-state index in [1.54, 1.807) is 0 Å². The Hall–Kier alpha value is -2.14. The molecule has 2 unspecified atom stereocenters. The molecule has 28 heavy (non-hydrogen) atoms. The molecule has 2 N–H and O–H groups in total. The van der Waals surface area contributed by atoms with Gasteiger partial charge in [-0.25, -0.2) is 0 Å². The second-order valence-electron chi connectivity index (χ2n) is 8.37. The summed E-state index contributed by atoms with van der Waals surface area (Å²) in [6.07, 6.45) is 8.62. The lowest BCUT2D eigenvalue weighted by molar-refractivity contribution is -0.123. The predicted molar refractivity (Wildman–Crippen MR) is 110 cm³/mol. The van der Waals surface area contributed by atoms with Gasteiger partial charge < -0.3 is 15.2 Å². The molecule has 0 spiro atoms. The lowest BCUT2D eigenvalue weighted by Gasteiger charge is -2.32. The van der Waals surface area contributed by atoms with E-state index in [0.717, 1.165) is 55.8 Å². The summed E-state index contributed by atoms with van der Waals surface area (Å²) in [5, 5.41) is 11.1. The summed E-state index contributed by atoms with van der Waals surface area (Å²) in [5.41, 5.74) is 2.02. The maximum Gasteiger partial charge on any atom is 0.220 e. The Morgan fingerprint density at radius 2 is 1.93 bits per heavy atom. The van der Waals surface area contributed by atoms with Gasteiger partial charge in [-0.05, 0) is 50.6 Å². The molecular formula is C23H31N3O2. The molecule has 1 amide bonds.